The van der Waals surface area contributed by atoms with E-state index in [0.717, 1.165) is 0 Å². The summed E-state index contributed by atoms with van der Waals surface area (Å²) in [6.07, 6.45) is -2.32. The van der Waals surface area contributed by atoms with Crippen LogP contribution in [0.25, 0.3) is 0 Å². The number of cyclic esters (lactones) is 2. The van der Waals surface area contributed by atoms with Gasteiger partial charge in [0, 0.05) is 13.8 Å². The number of esters is 2. The lowest BCUT2D eigenvalue weighted by atomic mass is 10.2. The van der Waals surface area contributed by atoms with Crippen LogP contribution in [0.15, 0.2) is 0 Å². The number of rotatable bonds is 2. The maximum absolute atomic E-state index is 11.2. The normalized spacial score (nSPS) is 24.7. The van der Waals surface area contributed by atoms with E-state index in [-0.39, 0.29) is 10.1 Å². The zero-order valence-corrected chi connectivity index (χ0v) is 9.65. The van der Waals surface area contributed by atoms with E-state index in [1.54, 1.807) is 0 Å². The Kier molecular flexibility index (Phi) is 3.70. The first-order valence-corrected chi connectivity index (χ1v) is 4.83. The summed E-state index contributed by atoms with van der Waals surface area (Å²) in [5, 5.41) is 0.254. The number of hydrogen-bond acceptors (Lipinski definition) is 7. The molecule has 1 heterocycles. The fraction of sp³-hybridized carbons (Fsp3) is 0.500. The quantitative estimate of drug-likeness (QED) is 0.401. The molecule has 0 saturated carbocycles. The van der Waals surface area contributed by atoms with E-state index in [2.05, 4.69) is 29.2 Å². The molecule has 1 aliphatic rings. The van der Waals surface area contributed by atoms with Crippen molar-refractivity contribution in [1.82, 2.24) is 0 Å². The van der Waals surface area contributed by atoms with E-state index in [9.17, 15) is 9.59 Å². The molecule has 1 fully saturated rings. The molecule has 1 rings (SSSR count). The van der Waals surface area contributed by atoms with E-state index in [1.165, 1.54) is 13.8 Å². The Labute approximate surface area is 96.7 Å². The Bertz CT molecular complexity index is 306. The average Bonchev–Trinajstić information content (AvgIpc) is 2.30. The lowest BCUT2D eigenvalue weighted by Gasteiger charge is -2.15. The first kappa shape index (κ1) is 12.0. The van der Waals surface area contributed by atoms with Gasteiger partial charge in [-0.1, -0.05) is 0 Å². The lowest BCUT2D eigenvalue weighted by Crippen LogP contribution is -2.36. The molecule has 0 N–H and O–H groups in total. The highest BCUT2D eigenvalue weighted by molar-refractivity contribution is 7.80. The Hall–Kier alpha value is -1.08. The number of thiocarbonyl (C=S) groups is 2. The van der Waals surface area contributed by atoms with Crippen LogP contribution in [0.3, 0.4) is 0 Å². The minimum Gasteiger partial charge on any atom is -0.468 e. The smallest absolute Gasteiger partial charge is 0.359 e. The van der Waals surface area contributed by atoms with Crippen molar-refractivity contribution >= 4 is 46.5 Å². The maximum Gasteiger partial charge on any atom is 0.359 e. The number of carbonyl (C=O) groups excluding carboxylic acids is 2. The molecule has 7 heteroatoms. The third kappa shape index (κ3) is 2.93. The molecular formula is C8H8O5S2. The molecule has 0 spiro atoms. The Balaban J connectivity index is 2.79. The van der Waals surface area contributed by atoms with Gasteiger partial charge in [0.25, 0.3) is 0 Å². The molecule has 1 saturated heterocycles. The summed E-state index contributed by atoms with van der Waals surface area (Å²) in [5.41, 5.74) is 0. The third-order valence-corrected chi connectivity index (χ3v) is 1.72. The van der Waals surface area contributed by atoms with Crippen molar-refractivity contribution < 1.29 is 23.8 Å². The van der Waals surface area contributed by atoms with Crippen molar-refractivity contribution in [3.8, 4) is 0 Å². The second-order valence-electron chi connectivity index (χ2n) is 2.80. The van der Waals surface area contributed by atoms with Crippen molar-refractivity contribution in [2.75, 3.05) is 0 Å². The molecule has 2 atom stereocenters. The summed E-state index contributed by atoms with van der Waals surface area (Å²) in [7, 11) is 0. The van der Waals surface area contributed by atoms with Gasteiger partial charge in [-0.2, -0.15) is 0 Å². The number of ether oxygens (including phenoxy) is 3. The highest BCUT2D eigenvalue weighted by Gasteiger charge is 2.48. The van der Waals surface area contributed by atoms with Gasteiger partial charge >= 0.3 is 11.9 Å². The van der Waals surface area contributed by atoms with Crippen molar-refractivity contribution in [1.29, 1.82) is 0 Å². The fourth-order valence-electron chi connectivity index (χ4n) is 1.04. The third-order valence-electron chi connectivity index (χ3n) is 1.53. The highest BCUT2D eigenvalue weighted by Crippen LogP contribution is 2.17. The van der Waals surface area contributed by atoms with Gasteiger partial charge in [0.1, 0.15) is 0 Å². The molecule has 2 unspecified atom stereocenters. The minimum absolute atomic E-state index is 0.127. The summed E-state index contributed by atoms with van der Waals surface area (Å²) in [6, 6.07) is 0. The second-order valence-corrected chi connectivity index (χ2v) is 3.95. The van der Waals surface area contributed by atoms with Crippen LogP contribution in [-0.4, -0.2) is 34.2 Å². The molecule has 0 amide bonds. The lowest BCUT2D eigenvalue weighted by molar-refractivity contribution is -0.155. The molecular weight excluding hydrogens is 240 g/mol. The van der Waals surface area contributed by atoms with Crippen LogP contribution in [-0.2, 0) is 23.8 Å². The molecule has 15 heavy (non-hydrogen) atoms. The van der Waals surface area contributed by atoms with Gasteiger partial charge in [0.15, 0.2) is 10.1 Å². The largest absolute Gasteiger partial charge is 0.468 e. The van der Waals surface area contributed by atoms with Gasteiger partial charge in [0.05, 0.1) is 0 Å². The van der Waals surface area contributed by atoms with Crippen LogP contribution >= 0.6 is 24.4 Å². The molecule has 0 aromatic rings. The van der Waals surface area contributed by atoms with Crippen LogP contribution in [0.1, 0.15) is 13.8 Å². The molecule has 0 bridgehead atoms. The zero-order chi connectivity index (χ0) is 11.6. The van der Waals surface area contributed by atoms with Gasteiger partial charge in [-0.15, -0.1) is 0 Å². The zero-order valence-electron chi connectivity index (χ0n) is 8.01. The van der Waals surface area contributed by atoms with Gasteiger partial charge in [0.2, 0.25) is 12.2 Å². The van der Waals surface area contributed by atoms with Crippen LogP contribution in [0.5, 0.6) is 0 Å². The standard InChI is InChI=1S/C8H8O5S2/c1-3(14)11-5-6(12-4(2)15)8(10)13-7(5)9/h5-6H,1-2H3. The van der Waals surface area contributed by atoms with Gasteiger partial charge < -0.3 is 14.2 Å². The van der Waals surface area contributed by atoms with Crippen LogP contribution in [0.4, 0.5) is 0 Å². The Morgan fingerprint density at radius 1 is 1.07 bits per heavy atom. The summed E-state index contributed by atoms with van der Waals surface area (Å²) in [6.45, 7) is 2.96. The first-order valence-electron chi connectivity index (χ1n) is 4.02. The van der Waals surface area contributed by atoms with E-state index in [0.29, 0.717) is 0 Å². The molecule has 82 valence electrons. The first-order chi connectivity index (χ1) is 6.91. The molecule has 0 radical (unpaired) electrons. The molecule has 5 nitrogen and oxygen atoms in total. The van der Waals surface area contributed by atoms with Crippen LogP contribution in [0, 0.1) is 0 Å². The van der Waals surface area contributed by atoms with Crippen LogP contribution in [0.2, 0.25) is 0 Å². The molecule has 0 aromatic heterocycles. The fourth-order valence-corrected chi connectivity index (χ4v) is 1.25. The van der Waals surface area contributed by atoms with Crippen molar-refractivity contribution in [2.24, 2.45) is 0 Å². The summed E-state index contributed by atoms with van der Waals surface area (Å²) >= 11 is 9.32. The van der Waals surface area contributed by atoms with Gasteiger partial charge in [-0.3, -0.25) is 0 Å². The highest BCUT2D eigenvalue weighted by atomic mass is 32.1. The Morgan fingerprint density at radius 2 is 1.40 bits per heavy atom. The SMILES string of the molecule is CC(=S)OC1C(=O)OC(=O)C1OC(C)=S. The monoisotopic (exact) mass is 248 g/mol. The van der Waals surface area contributed by atoms with E-state index >= 15 is 0 Å². The predicted molar refractivity (Wildman–Crippen MR) is 57.4 cm³/mol. The minimum atomic E-state index is -1.16. The Morgan fingerprint density at radius 3 is 1.67 bits per heavy atom. The predicted octanol–water partition coefficient (Wildman–Crippen LogP) is 0.535. The van der Waals surface area contributed by atoms with Crippen molar-refractivity contribution in [2.45, 2.75) is 26.1 Å². The van der Waals surface area contributed by atoms with Gasteiger partial charge in [-0.05, 0) is 24.4 Å². The molecule has 0 aromatic carbocycles. The van der Waals surface area contributed by atoms with Gasteiger partial charge in [-0.25, -0.2) is 9.59 Å². The summed E-state index contributed by atoms with van der Waals surface area (Å²) in [4.78, 5) is 22.3. The average molecular weight is 248 g/mol. The number of hydrogen-bond donors (Lipinski definition) is 0. The summed E-state index contributed by atoms with van der Waals surface area (Å²) in [5.74, 6) is -1.63. The van der Waals surface area contributed by atoms with E-state index in [1.807, 2.05) is 0 Å². The van der Waals surface area contributed by atoms with Crippen LogP contribution < -0.4 is 0 Å². The number of carbonyl (C=O) groups is 2. The van der Waals surface area contributed by atoms with Crippen molar-refractivity contribution in [3.05, 3.63) is 0 Å². The van der Waals surface area contributed by atoms with E-state index in [4.69, 9.17) is 9.47 Å². The summed E-state index contributed by atoms with van der Waals surface area (Å²) < 4.78 is 14.3. The molecule has 0 aliphatic carbocycles. The maximum atomic E-state index is 11.2. The molecule has 1 aliphatic heterocycles. The van der Waals surface area contributed by atoms with Crippen molar-refractivity contribution in [3.63, 3.8) is 0 Å². The van der Waals surface area contributed by atoms with E-state index < -0.39 is 24.1 Å². The topological polar surface area (TPSA) is 61.8 Å². The second kappa shape index (κ2) is 4.63.